The van der Waals surface area contributed by atoms with E-state index < -0.39 is 0 Å². The summed E-state index contributed by atoms with van der Waals surface area (Å²) in [6, 6.07) is 14.2. The normalized spacial score (nSPS) is 11.6. The standard InChI is InChI=1S/C28H30N4O2/c1-6-20-8-10-21(11-9-20)25-26-22(16-30-28(31-26)34-7-2)17-32(27(25)33)23-12-13-24(19(5)14-23)29-15-18(3)4/h8-18H,6-7H2,1-5H3. The highest BCUT2D eigenvalue weighted by molar-refractivity contribution is 5.92. The molecule has 0 unspecified atom stereocenters. The molecule has 0 aliphatic carbocycles. The van der Waals surface area contributed by atoms with Crippen LogP contribution in [-0.4, -0.2) is 27.4 Å². The number of rotatable bonds is 7. The average molecular weight is 455 g/mol. The van der Waals surface area contributed by atoms with Crippen molar-refractivity contribution < 1.29 is 4.74 Å². The maximum absolute atomic E-state index is 13.9. The van der Waals surface area contributed by atoms with Crippen LogP contribution in [0.1, 0.15) is 38.8 Å². The summed E-state index contributed by atoms with van der Waals surface area (Å²) in [7, 11) is 0. The summed E-state index contributed by atoms with van der Waals surface area (Å²) in [5, 5.41) is 0.761. The van der Waals surface area contributed by atoms with E-state index in [2.05, 4.69) is 35.7 Å². The van der Waals surface area contributed by atoms with Crippen molar-refractivity contribution in [1.82, 2.24) is 14.5 Å². The van der Waals surface area contributed by atoms with Gasteiger partial charge in [-0.25, -0.2) is 4.98 Å². The summed E-state index contributed by atoms with van der Waals surface area (Å²) in [5.41, 5.74) is 5.66. The van der Waals surface area contributed by atoms with Gasteiger partial charge in [-0.2, -0.15) is 4.98 Å². The molecule has 0 saturated heterocycles. The molecule has 0 atom stereocenters. The van der Waals surface area contributed by atoms with Crippen molar-refractivity contribution in [3.8, 4) is 22.8 Å². The maximum atomic E-state index is 13.9. The molecule has 0 aliphatic rings. The maximum Gasteiger partial charge on any atom is 0.316 e. The Hall–Kier alpha value is -3.80. The highest BCUT2D eigenvalue weighted by Crippen LogP contribution is 2.28. The number of aliphatic imine (C=N–C) groups is 1. The molecule has 2 aromatic heterocycles. The van der Waals surface area contributed by atoms with E-state index in [4.69, 9.17) is 4.74 Å². The van der Waals surface area contributed by atoms with E-state index in [1.807, 2.05) is 62.5 Å². The van der Waals surface area contributed by atoms with Gasteiger partial charge in [-0.15, -0.1) is 0 Å². The van der Waals surface area contributed by atoms with Crippen molar-refractivity contribution >= 4 is 22.8 Å². The Balaban J connectivity index is 1.93. The van der Waals surface area contributed by atoms with Gasteiger partial charge in [0, 0.05) is 29.7 Å². The van der Waals surface area contributed by atoms with Gasteiger partial charge in [0.1, 0.15) is 0 Å². The highest BCUT2D eigenvalue weighted by Gasteiger charge is 2.17. The second-order valence-corrected chi connectivity index (χ2v) is 8.61. The van der Waals surface area contributed by atoms with E-state index in [0.29, 0.717) is 23.6 Å². The van der Waals surface area contributed by atoms with Crippen LogP contribution in [0.25, 0.3) is 27.7 Å². The molecule has 174 valence electrons. The Morgan fingerprint density at radius 3 is 2.53 bits per heavy atom. The SMILES string of the molecule is CCOc1ncc2cn(-c3ccc(N=CC(C)C)c(C)c3)c(=O)c(-c3ccc(CC)cc3)c2n1. The van der Waals surface area contributed by atoms with E-state index in [-0.39, 0.29) is 11.6 Å². The molecule has 0 radical (unpaired) electrons. The van der Waals surface area contributed by atoms with Crippen molar-refractivity contribution in [2.24, 2.45) is 10.9 Å². The van der Waals surface area contributed by atoms with Gasteiger partial charge in [0.15, 0.2) is 0 Å². The number of hydrogen-bond acceptors (Lipinski definition) is 5. The van der Waals surface area contributed by atoms with Crippen LogP contribution in [0.2, 0.25) is 0 Å². The van der Waals surface area contributed by atoms with Crippen LogP contribution >= 0.6 is 0 Å². The number of hydrogen-bond donors (Lipinski definition) is 0. The van der Waals surface area contributed by atoms with Crippen LogP contribution < -0.4 is 10.3 Å². The summed E-state index contributed by atoms with van der Waals surface area (Å²) in [6.45, 7) is 10.6. The minimum atomic E-state index is -0.143. The monoisotopic (exact) mass is 454 g/mol. The van der Waals surface area contributed by atoms with Crippen molar-refractivity contribution in [2.45, 2.75) is 41.0 Å². The fourth-order valence-corrected chi connectivity index (χ4v) is 3.81. The first-order valence-electron chi connectivity index (χ1n) is 11.7. The third kappa shape index (κ3) is 4.76. The lowest BCUT2D eigenvalue weighted by molar-refractivity contribution is 0.314. The van der Waals surface area contributed by atoms with Gasteiger partial charge in [0.25, 0.3) is 5.56 Å². The molecule has 2 aromatic carbocycles. The summed E-state index contributed by atoms with van der Waals surface area (Å²) >= 11 is 0. The molecule has 0 saturated carbocycles. The van der Waals surface area contributed by atoms with Crippen molar-refractivity contribution in [3.63, 3.8) is 0 Å². The summed E-state index contributed by atoms with van der Waals surface area (Å²) in [4.78, 5) is 27.3. The van der Waals surface area contributed by atoms with Crippen LogP contribution in [0.5, 0.6) is 6.01 Å². The van der Waals surface area contributed by atoms with Crippen LogP contribution in [0.3, 0.4) is 0 Å². The van der Waals surface area contributed by atoms with Gasteiger partial charge in [0.2, 0.25) is 0 Å². The molecule has 4 aromatic rings. The lowest BCUT2D eigenvalue weighted by Crippen LogP contribution is -2.20. The Labute approximate surface area is 200 Å². The zero-order valence-electron chi connectivity index (χ0n) is 20.4. The fraction of sp³-hybridized carbons (Fsp3) is 0.286. The zero-order valence-corrected chi connectivity index (χ0v) is 20.4. The van der Waals surface area contributed by atoms with E-state index >= 15 is 0 Å². The number of fused-ring (bicyclic) bond motifs is 1. The molecule has 0 amide bonds. The van der Waals surface area contributed by atoms with Gasteiger partial charge in [-0.3, -0.25) is 14.4 Å². The number of nitrogens with zero attached hydrogens (tertiary/aromatic N) is 4. The van der Waals surface area contributed by atoms with Gasteiger partial charge < -0.3 is 4.74 Å². The van der Waals surface area contributed by atoms with E-state index in [1.165, 1.54) is 5.56 Å². The molecule has 2 heterocycles. The van der Waals surface area contributed by atoms with Crippen molar-refractivity contribution in [2.75, 3.05) is 6.61 Å². The number of pyridine rings is 1. The first kappa shape index (κ1) is 23.4. The lowest BCUT2D eigenvalue weighted by atomic mass is 10.0. The van der Waals surface area contributed by atoms with Crippen LogP contribution in [0.4, 0.5) is 5.69 Å². The minimum absolute atomic E-state index is 0.143. The van der Waals surface area contributed by atoms with Crippen LogP contribution in [0.15, 0.2) is 64.6 Å². The fourth-order valence-electron chi connectivity index (χ4n) is 3.81. The zero-order chi connectivity index (χ0) is 24.2. The van der Waals surface area contributed by atoms with Crippen LogP contribution in [-0.2, 0) is 6.42 Å². The second kappa shape index (κ2) is 10.00. The third-order valence-electron chi connectivity index (χ3n) is 5.63. The first-order valence-corrected chi connectivity index (χ1v) is 11.7. The van der Waals surface area contributed by atoms with Gasteiger partial charge >= 0.3 is 6.01 Å². The predicted octanol–water partition coefficient (Wildman–Crippen LogP) is 6.08. The predicted molar refractivity (Wildman–Crippen MR) is 139 cm³/mol. The number of benzene rings is 2. The molecule has 6 heteroatoms. The summed E-state index contributed by atoms with van der Waals surface area (Å²) in [6.07, 6.45) is 6.36. The van der Waals surface area contributed by atoms with Gasteiger partial charge in [0.05, 0.1) is 23.4 Å². The minimum Gasteiger partial charge on any atom is -0.464 e. The van der Waals surface area contributed by atoms with Crippen LogP contribution in [0, 0.1) is 12.8 Å². The molecule has 0 aliphatic heterocycles. The Morgan fingerprint density at radius 1 is 1.12 bits per heavy atom. The van der Waals surface area contributed by atoms with E-state index in [9.17, 15) is 4.79 Å². The lowest BCUT2D eigenvalue weighted by Gasteiger charge is -2.14. The van der Waals surface area contributed by atoms with E-state index in [1.54, 1.807) is 17.0 Å². The smallest absolute Gasteiger partial charge is 0.316 e. The van der Waals surface area contributed by atoms with Crippen molar-refractivity contribution in [1.29, 1.82) is 0 Å². The molecule has 6 nitrogen and oxygen atoms in total. The van der Waals surface area contributed by atoms with Crippen molar-refractivity contribution in [3.05, 3.63) is 76.3 Å². The topological polar surface area (TPSA) is 69.4 Å². The molecule has 34 heavy (non-hydrogen) atoms. The first-order chi connectivity index (χ1) is 16.4. The van der Waals surface area contributed by atoms with Gasteiger partial charge in [-0.05, 0) is 61.1 Å². The highest BCUT2D eigenvalue weighted by atomic mass is 16.5. The molecule has 0 N–H and O–H groups in total. The molecular formula is C28H30N4O2. The number of aromatic nitrogens is 3. The largest absolute Gasteiger partial charge is 0.464 e. The molecule has 0 fully saturated rings. The third-order valence-corrected chi connectivity index (χ3v) is 5.63. The second-order valence-electron chi connectivity index (χ2n) is 8.61. The quantitative estimate of drug-likeness (QED) is 0.318. The number of aryl methyl sites for hydroxylation is 2. The molecule has 0 bridgehead atoms. The van der Waals surface area contributed by atoms with E-state index in [0.717, 1.165) is 34.3 Å². The molecular weight excluding hydrogens is 424 g/mol. The Bertz CT molecular complexity index is 1400. The average Bonchev–Trinajstić information content (AvgIpc) is 2.83. The Morgan fingerprint density at radius 2 is 1.88 bits per heavy atom. The summed E-state index contributed by atoms with van der Waals surface area (Å²) in [5.74, 6) is 0.366. The Kier molecular flexibility index (Phi) is 6.87. The molecule has 0 spiro atoms. The van der Waals surface area contributed by atoms with Gasteiger partial charge in [-0.1, -0.05) is 45.0 Å². The molecule has 4 rings (SSSR count). The number of ether oxygens (including phenoxy) is 1. The summed E-state index contributed by atoms with van der Waals surface area (Å²) < 4.78 is 7.18.